The number of hydrogen-bond acceptors (Lipinski definition) is 2. The fourth-order valence-electron chi connectivity index (χ4n) is 2.66. The zero-order valence-electron chi connectivity index (χ0n) is 15.6. The molecule has 5 nitrogen and oxygen atoms in total. The molecule has 0 aliphatic carbocycles. The maximum Gasteiger partial charge on any atom is 0.280 e. The monoisotopic (exact) mass is 408 g/mol. The third-order valence-electron chi connectivity index (χ3n) is 4.39. The van der Waals surface area contributed by atoms with Gasteiger partial charge in [-0.2, -0.15) is 0 Å². The molecule has 2 aromatic rings. The number of anilines is 1. The number of hydrogen-bond donors (Lipinski definition) is 2. The largest absolute Gasteiger partial charge is 0.336 e. The molecule has 2 amide bonds. The molecule has 0 saturated carbocycles. The van der Waals surface area contributed by atoms with Crippen molar-refractivity contribution < 1.29 is 14.5 Å². The maximum absolute atomic E-state index is 12.7. The topological polar surface area (TPSA) is 53.9 Å². The van der Waals surface area contributed by atoms with Crippen molar-refractivity contribution in [2.24, 2.45) is 0 Å². The molecule has 2 rings (SSSR count). The number of nitrogens with zero attached hydrogens (tertiary/aromatic N) is 1. The van der Waals surface area contributed by atoms with Crippen LogP contribution in [0.1, 0.15) is 12.5 Å². The number of amides is 2. The molecule has 0 aliphatic rings. The van der Waals surface area contributed by atoms with Crippen LogP contribution in [-0.4, -0.2) is 43.4 Å². The van der Waals surface area contributed by atoms with E-state index in [9.17, 15) is 9.59 Å². The lowest BCUT2D eigenvalue weighted by Crippen LogP contribution is -3.15. The van der Waals surface area contributed by atoms with Crippen molar-refractivity contribution in [1.82, 2.24) is 4.90 Å². The molecule has 144 valence electrons. The summed E-state index contributed by atoms with van der Waals surface area (Å²) in [5.74, 6) is -0.213. The predicted molar refractivity (Wildman–Crippen MR) is 109 cm³/mol. The molecular formula is C20H24Cl2N3O2+. The number of carbonyl (C=O) groups is 2. The molecule has 2 aromatic carbocycles. The first-order valence-electron chi connectivity index (χ1n) is 8.64. The van der Waals surface area contributed by atoms with Crippen LogP contribution in [0.3, 0.4) is 0 Å². The summed E-state index contributed by atoms with van der Waals surface area (Å²) in [7, 11) is 3.60. The highest BCUT2D eigenvalue weighted by atomic mass is 35.5. The van der Waals surface area contributed by atoms with Crippen LogP contribution in [0.25, 0.3) is 0 Å². The highest BCUT2D eigenvalue weighted by molar-refractivity contribution is 6.42. The summed E-state index contributed by atoms with van der Waals surface area (Å²) >= 11 is 11.8. The minimum Gasteiger partial charge on any atom is -0.336 e. The molecule has 0 bridgehead atoms. The van der Waals surface area contributed by atoms with E-state index in [1.165, 1.54) is 0 Å². The molecule has 27 heavy (non-hydrogen) atoms. The first-order chi connectivity index (χ1) is 12.8. The summed E-state index contributed by atoms with van der Waals surface area (Å²) in [5.41, 5.74) is 1.64. The van der Waals surface area contributed by atoms with Crippen molar-refractivity contribution in [3.63, 3.8) is 0 Å². The van der Waals surface area contributed by atoms with Gasteiger partial charge in [-0.3, -0.25) is 9.59 Å². The van der Waals surface area contributed by atoms with Crippen LogP contribution >= 0.6 is 23.2 Å². The normalized spacial score (nSPS) is 12.9. The van der Waals surface area contributed by atoms with E-state index in [-0.39, 0.29) is 24.4 Å². The third kappa shape index (κ3) is 6.24. The van der Waals surface area contributed by atoms with E-state index in [1.807, 2.05) is 44.3 Å². The molecule has 0 fully saturated rings. The Bertz CT molecular complexity index is 799. The average Bonchev–Trinajstić information content (AvgIpc) is 2.64. The number of nitrogens with one attached hydrogen (secondary N) is 2. The molecule has 0 aromatic heterocycles. The van der Waals surface area contributed by atoms with Crippen molar-refractivity contribution >= 4 is 40.7 Å². The van der Waals surface area contributed by atoms with Gasteiger partial charge in [-0.15, -0.1) is 0 Å². The second kappa shape index (κ2) is 9.74. The van der Waals surface area contributed by atoms with E-state index in [4.69, 9.17) is 23.2 Å². The zero-order chi connectivity index (χ0) is 20.0. The lowest BCUT2D eigenvalue weighted by atomic mass is 10.2. The molecule has 0 saturated heterocycles. The Balaban J connectivity index is 1.89. The minimum atomic E-state index is -0.349. The second-order valence-corrected chi connectivity index (χ2v) is 7.42. The van der Waals surface area contributed by atoms with Gasteiger partial charge in [-0.25, -0.2) is 0 Å². The lowest BCUT2D eigenvalue weighted by molar-refractivity contribution is -0.886. The summed E-state index contributed by atoms with van der Waals surface area (Å²) < 4.78 is 0. The maximum atomic E-state index is 12.7. The fraction of sp³-hybridized carbons (Fsp3) is 0.300. The number of halogens is 2. The van der Waals surface area contributed by atoms with Crippen molar-refractivity contribution in [3.05, 3.63) is 64.1 Å². The quantitative estimate of drug-likeness (QED) is 0.739. The third-order valence-corrected chi connectivity index (χ3v) is 5.13. The van der Waals surface area contributed by atoms with Crippen molar-refractivity contribution in [3.8, 4) is 0 Å². The first-order valence-corrected chi connectivity index (χ1v) is 9.39. The van der Waals surface area contributed by atoms with Gasteiger partial charge in [0.1, 0.15) is 0 Å². The molecule has 0 heterocycles. The van der Waals surface area contributed by atoms with Crippen LogP contribution < -0.4 is 10.2 Å². The van der Waals surface area contributed by atoms with Gasteiger partial charge >= 0.3 is 0 Å². The van der Waals surface area contributed by atoms with Gasteiger partial charge < -0.3 is 15.1 Å². The molecule has 2 atom stereocenters. The van der Waals surface area contributed by atoms with Gasteiger partial charge in [-0.1, -0.05) is 53.5 Å². The molecule has 2 N–H and O–H groups in total. The molecule has 0 radical (unpaired) electrons. The fourth-order valence-corrected chi connectivity index (χ4v) is 2.96. The van der Waals surface area contributed by atoms with Crippen LogP contribution in [0.15, 0.2) is 48.5 Å². The number of rotatable bonds is 7. The molecule has 0 aliphatic heterocycles. The van der Waals surface area contributed by atoms with E-state index in [0.29, 0.717) is 22.3 Å². The van der Waals surface area contributed by atoms with E-state index in [0.717, 1.165) is 10.5 Å². The summed E-state index contributed by atoms with van der Waals surface area (Å²) in [4.78, 5) is 27.4. The smallest absolute Gasteiger partial charge is 0.280 e. The summed E-state index contributed by atoms with van der Waals surface area (Å²) in [6.07, 6.45) is 0. The Kier molecular flexibility index (Phi) is 7.66. The molecule has 7 heteroatoms. The van der Waals surface area contributed by atoms with Crippen molar-refractivity contribution in [2.75, 3.05) is 26.0 Å². The van der Waals surface area contributed by atoms with E-state index in [1.54, 1.807) is 30.1 Å². The Morgan fingerprint density at radius 2 is 1.78 bits per heavy atom. The van der Waals surface area contributed by atoms with Crippen LogP contribution in [0.5, 0.6) is 0 Å². The number of quaternary nitrogens is 1. The minimum absolute atomic E-state index is 0.0151. The molecular weight excluding hydrogens is 385 g/mol. The number of likely N-dealkylation sites (N-methyl/N-ethyl adjacent to an activating group) is 2. The van der Waals surface area contributed by atoms with Crippen molar-refractivity contribution in [2.45, 2.75) is 19.5 Å². The predicted octanol–water partition coefficient (Wildman–Crippen LogP) is 2.49. The van der Waals surface area contributed by atoms with Crippen LogP contribution in [0, 0.1) is 0 Å². The molecule has 0 spiro atoms. The van der Waals surface area contributed by atoms with E-state index >= 15 is 0 Å². The first kappa shape index (κ1) is 21.2. The summed E-state index contributed by atoms with van der Waals surface area (Å²) in [6.45, 7) is 2.52. The zero-order valence-corrected chi connectivity index (χ0v) is 17.1. The Hall–Kier alpha value is -2.08. The van der Waals surface area contributed by atoms with Gasteiger partial charge in [0.15, 0.2) is 12.6 Å². The lowest BCUT2D eigenvalue weighted by Gasteiger charge is -2.25. The second-order valence-electron chi connectivity index (χ2n) is 6.60. The van der Waals surface area contributed by atoms with Crippen LogP contribution in [0.2, 0.25) is 10.0 Å². The average molecular weight is 409 g/mol. The van der Waals surface area contributed by atoms with Crippen LogP contribution in [-0.2, 0) is 16.1 Å². The highest BCUT2D eigenvalue weighted by Crippen LogP contribution is 2.24. The number of carbonyl (C=O) groups excluding carboxylic acids is 2. The van der Waals surface area contributed by atoms with Gasteiger partial charge in [0, 0.05) is 19.3 Å². The van der Waals surface area contributed by atoms with Gasteiger partial charge in [0.2, 0.25) is 0 Å². The molecule has 1 unspecified atom stereocenters. The Morgan fingerprint density at radius 3 is 2.41 bits per heavy atom. The standard InChI is InChI=1S/C20H23Cl2N3O2/c1-14(20(27)25(3)12-15-7-5-4-6-8-15)24(2)13-19(26)23-16-9-10-17(21)18(22)11-16/h4-11,14H,12-13H2,1-3H3,(H,23,26)/p+1/t14-/m1/s1. The van der Waals surface area contributed by atoms with Crippen molar-refractivity contribution in [1.29, 1.82) is 0 Å². The van der Waals surface area contributed by atoms with Crippen LogP contribution in [0.4, 0.5) is 5.69 Å². The van der Waals surface area contributed by atoms with Gasteiger partial charge in [-0.05, 0) is 30.7 Å². The number of benzene rings is 2. The summed E-state index contributed by atoms with van der Waals surface area (Å²) in [5, 5.41) is 3.58. The Labute approximate surface area is 169 Å². The summed E-state index contributed by atoms with van der Waals surface area (Å²) in [6, 6.07) is 14.4. The van der Waals surface area contributed by atoms with Gasteiger partial charge in [0.05, 0.1) is 17.1 Å². The van der Waals surface area contributed by atoms with Gasteiger partial charge in [0.25, 0.3) is 11.8 Å². The van der Waals surface area contributed by atoms with E-state index in [2.05, 4.69) is 5.32 Å². The SMILES string of the molecule is C[C@H](C(=O)N(C)Cc1ccccc1)[NH+](C)CC(=O)Nc1ccc(Cl)c(Cl)c1. The highest BCUT2D eigenvalue weighted by Gasteiger charge is 2.26. The Morgan fingerprint density at radius 1 is 1.11 bits per heavy atom. The van der Waals surface area contributed by atoms with E-state index < -0.39 is 0 Å².